The van der Waals surface area contributed by atoms with Crippen LogP contribution in [0, 0.1) is 5.82 Å². The summed E-state index contributed by atoms with van der Waals surface area (Å²) in [5.41, 5.74) is 1.92. The Labute approximate surface area is 366 Å². The predicted octanol–water partition coefficient (Wildman–Crippen LogP) is 8.48. The average Bonchev–Trinajstić information content (AvgIpc) is 3.44. The standard InChI is InChI=1S/C25H35N3O2.C24H32FN3O4/c29-24-17-25(30)28(23-14-7-6-13-22(23)26-24)21-15-19-11-8-12-20(16-21)27(19)18-9-4-2-1-3-5-10-18;1-32-23(31)24(11-5-3-2-4-6-12-24)27-13-9-18(10-14-27)28-20-15-17(25)7-8-19(20)26-21(29)16-22(28)30/h6-7,13-14,18-21H,1-5,8-12,15-17H2,(H,26,29);7-8,15,18H,2-6,9-14,16H2,1H3,(H,26,29)/t19-,20+,21?;. The normalized spacial score (nSPS) is 27.0. The first kappa shape index (κ1) is 44.3. The summed E-state index contributed by atoms with van der Waals surface area (Å²) in [5.74, 6) is -1.55. The highest BCUT2D eigenvalue weighted by atomic mass is 19.1. The lowest BCUT2D eigenvalue weighted by atomic mass is 9.78. The molecule has 0 spiro atoms. The van der Waals surface area contributed by atoms with E-state index in [1.807, 2.05) is 29.2 Å². The molecule has 3 saturated heterocycles. The van der Waals surface area contributed by atoms with Gasteiger partial charge in [0.15, 0.2) is 0 Å². The molecule has 5 fully saturated rings. The minimum Gasteiger partial charge on any atom is -0.468 e. The number of nitrogens with zero attached hydrogens (tertiary/aromatic N) is 4. The third-order valence-corrected chi connectivity index (χ3v) is 15.1. The van der Waals surface area contributed by atoms with Crippen LogP contribution in [0.1, 0.15) is 148 Å². The Kier molecular flexibility index (Phi) is 14.3. The van der Waals surface area contributed by atoms with E-state index < -0.39 is 11.4 Å². The van der Waals surface area contributed by atoms with Gasteiger partial charge < -0.3 is 25.2 Å². The second-order valence-corrected chi connectivity index (χ2v) is 19.0. The van der Waals surface area contributed by atoms with Crippen molar-refractivity contribution in [1.29, 1.82) is 0 Å². The van der Waals surface area contributed by atoms with Crippen LogP contribution in [-0.2, 0) is 28.7 Å². The van der Waals surface area contributed by atoms with Crippen molar-refractivity contribution in [2.45, 2.75) is 183 Å². The molecule has 62 heavy (non-hydrogen) atoms. The van der Waals surface area contributed by atoms with E-state index in [0.29, 0.717) is 49.4 Å². The number of carbonyl (C=O) groups is 5. The Bertz CT molecular complexity index is 1920. The first-order valence-corrected chi connectivity index (χ1v) is 23.9. The summed E-state index contributed by atoms with van der Waals surface area (Å²) in [6.07, 6.45) is 23.6. The van der Waals surface area contributed by atoms with Crippen LogP contribution < -0.4 is 20.4 Å². The highest BCUT2D eigenvalue weighted by Crippen LogP contribution is 2.43. The monoisotopic (exact) mass is 855 g/mol. The van der Waals surface area contributed by atoms with Crippen molar-refractivity contribution in [3.05, 3.63) is 48.3 Å². The van der Waals surface area contributed by atoms with E-state index in [4.69, 9.17) is 4.74 Å². The van der Waals surface area contributed by atoms with Crippen LogP contribution >= 0.6 is 0 Å². The molecule has 7 aliphatic rings. The van der Waals surface area contributed by atoms with Crippen molar-refractivity contribution in [3.8, 4) is 0 Å². The summed E-state index contributed by atoms with van der Waals surface area (Å²) < 4.78 is 19.3. The zero-order valence-electron chi connectivity index (χ0n) is 36.7. The molecule has 4 amide bonds. The first-order valence-electron chi connectivity index (χ1n) is 23.9. The fourth-order valence-electron chi connectivity index (χ4n) is 12.3. The highest BCUT2D eigenvalue weighted by Gasteiger charge is 2.48. The highest BCUT2D eigenvalue weighted by molar-refractivity contribution is 6.15. The van der Waals surface area contributed by atoms with E-state index in [2.05, 4.69) is 20.4 Å². The van der Waals surface area contributed by atoms with Gasteiger partial charge in [0.25, 0.3) is 0 Å². The molecular weight excluding hydrogens is 788 g/mol. The molecule has 2 aromatic carbocycles. The Morgan fingerprint density at radius 1 is 0.613 bits per heavy atom. The number of anilines is 4. The number of methoxy groups -OCH3 is 1. The molecule has 2 N–H and O–H groups in total. The van der Waals surface area contributed by atoms with Gasteiger partial charge in [-0.25, -0.2) is 4.39 Å². The molecular formula is C49H67FN6O6. The number of ether oxygens (including phenoxy) is 1. The van der Waals surface area contributed by atoms with Gasteiger partial charge in [-0.1, -0.05) is 82.8 Å². The number of esters is 1. The Morgan fingerprint density at radius 2 is 1.15 bits per heavy atom. The Balaban J connectivity index is 0.000000171. The summed E-state index contributed by atoms with van der Waals surface area (Å²) in [7, 11) is 1.46. The van der Waals surface area contributed by atoms with Gasteiger partial charge in [0.05, 0.1) is 29.9 Å². The van der Waals surface area contributed by atoms with E-state index in [-0.39, 0.29) is 54.5 Å². The molecule has 2 bridgehead atoms. The predicted molar refractivity (Wildman–Crippen MR) is 238 cm³/mol. The van der Waals surface area contributed by atoms with Crippen molar-refractivity contribution < 1.29 is 33.1 Å². The van der Waals surface area contributed by atoms with Crippen molar-refractivity contribution in [2.24, 2.45) is 0 Å². The first-order chi connectivity index (χ1) is 30.1. The number of hydrogen-bond acceptors (Lipinski definition) is 8. The number of para-hydroxylation sites is 2. The van der Waals surface area contributed by atoms with Gasteiger partial charge in [-0.15, -0.1) is 0 Å². The average molecular weight is 855 g/mol. The minimum atomic E-state index is -0.607. The number of carbonyl (C=O) groups excluding carboxylic acids is 5. The fourth-order valence-corrected chi connectivity index (χ4v) is 12.3. The number of piperidine rings is 3. The number of benzene rings is 2. The number of fused-ring (bicyclic) bond motifs is 4. The number of rotatable bonds is 5. The molecule has 5 heterocycles. The lowest BCUT2D eigenvalue weighted by molar-refractivity contribution is -0.158. The fraction of sp³-hybridized carbons (Fsp3) is 0.653. The van der Waals surface area contributed by atoms with Gasteiger partial charge in [0.1, 0.15) is 24.2 Å². The van der Waals surface area contributed by atoms with Crippen LogP contribution in [0.3, 0.4) is 0 Å². The van der Waals surface area contributed by atoms with Crippen LogP contribution in [-0.4, -0.2) is 95.3 Å². The second-order valence-electron chi connectivity index (χ2n) is 19.0. The maximum absolute atomic E-state index is 14.0. The van der Waals surface area contributed by atoms with Gasteiger partial charge in [0.2, 0.25) is 23.6 Å². The van der Waals surface area contributed by atoms with Crippen LogP contribution in [0.5, 0.6) is 0 Å². The van der Waals surface area contributed by atoms with Gasteiger partial charge >= 0.3 is 5.97 Å². The SMILES string of the molecule is COC(=O)C1(N2CCC(N3C(=O)CC(=O)Nc4ccc(F)cc43)CC2)CCCCCCC1.O=C1CC(=O)N(C2C[C@H]3CCC[C@@H](C2)N3C2CCCCCCC2)c2ccccc2N1. The molecule has 12 nitrogen and oxygen atoms in total. The minimum absolute atomic E-state index is 0.0417. The summed E-state index contributed by atoms with van der Waals surface area (Å²) in [6.45, 7) is 1.30. The molecule has 0 radical (unpaired) electrons. The van der Waals surface area contributed by atoms with Crippen LogP contribution in [0.15, 0.2) is 42.5 Å². The zero-order chi connectivity index (χ0) is 43.2. The van der Waals surface area contributed by atoms with E-state index >= 15 is 0 Å². The van der Waals surface area contributed by atoms with E-state index in [0.717, 1.165) is 68.8 Å². The number of nitrogens with one attached hydrogen (secondary N) is 2. The second kappa shape index (κ2) is 20.0. The van der Waals surface area contributed by atoms with Gasteiger partial charge in [-0.05, 0) is 94.5 Å². The smallest absolute Gasteiger partial charge is 0.326 e. The van der Waals surface area contributed by atoms with E-state index in [9.17, 15) is 28.4 Å². The van der Waals surface area contributed by atoms with Crippen molar-refractivity contribution in [3.63, 3.8) is 0 Å². The van der Waals surface area contributed by atoms with Crippen LogP contribution in [0.25, 0.3) is 0 Å². The number of amides is 4. The quantitative estimate of drug-likeness (QED) is 0.226. The molecule has 2 aromatic rings. The summed E-state index contributed by atoms with van der Waals surface area (Å²) in [5, 5.41) is 5.65. The van der Waals surface area contributed by atoms with Gasteiger partial charge in [0, 0.05) is 43.3 Å². The van der Waals surface area contributed by atoms with Crippen molar-refractivity contribution in [2.75, 3.05) is 40.6 Å². The van der Waals surface area contributed by atoms with Gasteiger partial charge in [-0.3, -0.25) is 33.8 Å². The summed E-state index contributed by atoms with van der Waals surface area (Å²) >= 11 is 0. The Hall–Kier alpha value is -4.36. The number of likely N-dealkylation sites (tertiary alicyclic amines) is 1. The topological polar surface area (TPSA) is 132 Å². The zero-order valence-corrected chi connectivity index (χ0v) is 36.7. The lowest BCUT2D eigenvalue weighted by Crippen LogP contribution is -2.60. The molecule has 0 aromatic heterocycles. The van der Waals surface area contributed by atoms with Crippen molar-refractivity contribution >= 4 is 52.3 Å². The lowest BCUT2D eigenvalue weighted by Gasteiger charge is -2.54. The van der Waals surface area contributed by atoms with E-state index in [1.54, 1.807) is 4.90 Å². The van der Waals surface area contributed by atoms with Crippen LogP contribution in [0.4, 0.5) is 27.1 Å². The molecule has 336 valence electrons. The molecule has 9 rings (SSSR count). The molecule has 1 unspecified atom stereocenters. The maximum atomic E-state index is 14.0. The summed E-state index contributed by atoms with van der Waals surface area (Å²) in [4.78, 5) is 72.1. The largest absolute Gasteiger partial charge is 0.468 e. The number of hydrogen-bond donors (Lipinski definition) is 2. The molecule has 2 saturated carbocycles. The summed E-state index contributed by atoms with van der Waals surface area (Å²) in [6, 6.07) is 13.9. The van der Waals surface area contributed by atoms with Gasteiger partial charge in [-0.2, -0.15) is 0 Å². The number of halogens is 1. The third kappa shape index (κ3) is 9.59. The molecule has 3 atom stereocenters. The van der Waals surface area contributed by atoms with Crippen molar-refractivity contribution in [1.82, 2.24) is 9.80 Å². The molecule has 13 heteroatoms. The third-order valence-electron chi connectivity index (χ3n) is 15.1. The van der Waals surface area contributed by atoms with Crippen LogP contribution in [0.2, 0.25) is 0 Å². The molecule has 2 aliphatic carbocycles. The Morgan fingerprint density at radius 3 is 1.76 bits per heavy atom. The molecule has 5 aliphatic heterocycles. The maximum Gasteiger partial charge on any atom is 0.326 e. The van der Waals surface area contributed by atoms with E-state index in [1.165, 1.54) is 95.9 Å².